The van der Waals surface area contributed by atoms with Gasteiger partial charge in [-0.05, 0) is 110 Å². The van der Waals surface area contributed by atoms with Crippen LogP contribution in [0.4, 0.5) is 0 Å². The summed E-state index contributed by atoms with van der Waals surface area (Å²) >= 11 is 5.30. The van der Waals surface area contributed by atoms with Crippen LogP contribution in [0.3, 0.4) is 0 Å². The Balaban J connectivity index is -0.000000476. The fourth-order valence-electron chi connectivity index (χ4n) is 6.38. The number of hydrogen-bond acceptors (Lipinski definition) is 10. The molecule has 4 aromatic carbocycles. The van der Waals surface area contributed by atoms with Gasteiger partial charge < -0.3 is 56.6 Å². The average molecular weight is 1570 g/mol. The number of aldehydes is 1. The summed E-state index contributed by atoms with van der Waals surface area (Å²) in [5.74, 6) is -2.58. The summed E-state index contributed by atoms with van der Waals surface area (Å²) < 4.78 is 4.48. The summed E-state index contributed by atoms with van der Waals surface area (Å²) in [5, 5.41) is 26.6. The van der Waals surface area contributed by atoms with Crippen LogP contribution in [0.2, 0.25) is 0 Å². The van der Waals surface area contributed by atoms with Crippen molar-refractivity contribution >= 4 is 109 Å². The SMILES string of the molecule is C.CCCCCC(=O)N(C)C.CN(C)C(=O)CCC/C=C/c1cccc(C(=O)O)c1.CN(C)C(=O)CCC/C=C\c1cccc(C(=O)O)c1.CN(C)C(=O)CCC/C=C\c1cccc(C(=O)O)c1.COC(=O)c1cccc(C=O)c1.I[I-]I.[Br-]. The van der Waals surface area contributed by atoms with Crippen molar-refractivity contribution in [3.8, 4) is 0 Å². The van der Waals surface area contributed by atoms with Gasteiger partial charge >= 0.3 is 74.4 Å². The van der Waals surface area contributed by atoms with E-state index in [0.717, 1.165) is 61.6 Å². The zero-order chi connectivity index (χ0) is 62.4. The number of carbonyl (C=O) groups excluding carboxylic acids is 6. The summed E-state index contributed by atoms with van der Waals surface area (Å²) in [6.07, 6.45) is 22.7. The Morgan fingerprint density at radius 2 is 0.726 bits per heavy atom. The molecular formula is C63H86BrI3N4O13-2. The molecule has 21 heteroatoms. The van der Waals surface area contributed by atoms with Crippen LogP contribution in [0.15, 0.2) is 115 Å². The summed E-state index contributed by atoms with van der Waals surface area (Å²) in [4.78, 5) is 105. The van der Waals surface area contributed by atoms with E-state index in [9.17, 15) is 43.2 Å². The molecule has 4 aromatic rings. The van der Waals surface area contributed by atoms with Crippen LogP contribution >= 0.6 is 37.2 Å². The second-order valence-corrected chi connectivity index (χ2v) is 34.8. The quantitative estimate of drug-likeness (QED) is 0.0270. The number of ether oxygens (including phenoxy) is 1. The molecule has 0 bridgehead atoms. The van der Waals surface area contributed by atoms with Gasteiger partial charge in [-0.3, -0.25) is 24.0 Å². The number of carboxylic acids is 3. The topological polar surface area (TPSA) is 237 Å². The van der Waals surface area contributed by atoms with Crippen molar-refractivity contribution in [1.82, 2.24) is 19.6 Å². The Hall–Kier alpha value is -5.80. The number of amides is 4. The molecule has 84 heavy (non-hydrogen) atoms. The van der Waals surface area contributed by atoms with Gasteiger partial charge in [0.25, 0.3) is 0 Å². The molecule has 0 atom stereocenters. The molecule has 4 rings (SSSR count). The maximum absolute atomic E-state index is 11.3. The summed E-state index contributed by atoms with van der Waals surface area (Å²) in [5.41, 5.74) is 4.29. The Bertz CT molecular complexity index is 2470. The first-order valence-electron chi connectivity index (χ1n) is 26.2. The summed E-state index contributed by atoms with van der Waals surface area (Å²) in [7, 11) is 15.4. The van der Waals surface area contributed by atoms with Crippen molar-refractivity contribution in [3.05, 3.63) is 160 Å². The van der Waals surface area contributed by atoms with Crippen molar-refractivity contribution in [2.75, 3.05) is 63.5 Å². The molecule has 17 nitrogen and oxygen atoms in total. The minimum absolute atomic E-state index is 0. The number of rotatable bonds is 24. The van der Waals surface area contributed by atoms with E-state index >= 15 is 0 Å². The molecule has 0 saturated carbocycles. The third kappa shape index (κ3) is 43.8. The third-order valence-corrected chi connectivity index (χ3v) is 11.0. The second-order valence-electron chi connectivity index (χ2n) is 18.6. The molecule has 0 spiro atoms. The van der Waals surface area contributed by atoms with E-state index in [4.69, 9.17) is 15.3 Å². The first-order valence-corrected chi connectivity index (χ1v) is 38.8. The zero-order valence-electron chi connectivity index (χ0n) is 49.2. The minimum atomic E-state index is -0.924. The smallest absolute Gasteiger partial charge is 1.00 e. The Labute approximate surface area is 538 Å². The van der Waals surface area contributed by atoms with Gasteiger partial charge in [0.1, 0.15) is 6.29 Å². The second kappa shape index (κ2) is 52.7. The molecule has 0 radical (unpaired) electrons. The standard InChI is InChI=1S/3C15H19NO3.C9H8O3.C8H17NO.CH4.BrH.I3/c3*1-16(2)14(17)10-5-3-4-7-12-8-6-9-13(11-12)15(18)19;1-12-9(11)8-4-2-3-7(5-8)6-10;1-4-5-6-7-8(10)9(2)3;;;1-3-2/h3*4,6-9,11H,3,5,10H2,1-2H3,(H,18,19);2-6H,1H3;4-7H2,1-3H3;1H4;1H;/q;;;;;;;-1/p-1/b7-4+;2*7-4-;;;;;. The zero-order valence-corrected chi connectivity index (χ0v) is 57.3. The molecule has 4 amide bonds. The normalized spacial score (nSPS) is 9.90. The third-order valence-electron chi connectivity index (χ3n) is 11.0. The van der Waals surface area contributed by atoms with Crippen molar-refractivity contribution in [1.29, 1.82) is 0 Å². The van der Waals surface area contributed by atoms with Crippen LogP contribution in [0, 0.1) is 0 Å². The molecule has 0 unspecified atom stereocenters. The number of esters is 1. The Morgan fingerprint density at radius 3 is 0.976 bits per heavy atom. The van der Waals surface area contributed by atoms with Gasteiger partial charge in [0.05, 0.1) is 29.4 Å². The van der Waals surface area contributed by atoms with Crippen molar-refractivity contribution in [3.63, 3.8) is 0 Å². The van der Waals surface area contributed by atoms with E-state index in [1.54, 1.807) is 149 Å². The van der Waals surface area contributed by atoms with Gasteiger partial charge in [-0.15, -0.1) is 0 Å². The van der Waals surface area contributed by atoms with E-state index in [1.807, 2.05) is 54.7 Å². The average Bonchev–Trinajstić information content (AvgIpc) is 3.56. The number of carboxylic acid groups (broad SMARTS) is 3. The van der Waals surface area contributed by atoms with E-state index in [0.29, 0.717) is 56.4 Å². The molecule has 0 heterocycles. The predicted molar refractivity (Wildman–Crippen MR) is 346 cm³/mol. The van der Waals surface area contributed by atoms with Crippen LogP contribution < -0.4 is 30.2 Å². The van der Waals surface area contributed by atoms with Crippen molar-refractivity contribution in [2.24, 2.45) is 0 Å². The van der Waals surface area contributed by atoms with E-state index in [-0.39, 0.29) is 64.7 Å². The predicted octanol–water partition coefficient (Wildman–Crippen LogP) is 7.33. The van der Waals surface area contributed by atoms with Gasteiger partial charge in [0.15, 0.2) is 0 Å². The molecule has 0 aliphatic rings. The number of methoxy groups -OCH3 is 1. The van der Waals surface area contributed by atoms with Gasteiger partial charge in [-0.2, -0.15) is 0 Å². The number of carbonyl (C=O) groups is 9. The van der Waals surface area contributed by atoms with Gasteiger partial charge in [-0.1, -0.05) is 112 Å². The molecular weight excluding hydrogens is 1480 g/mol. The monoisotopic (exact) mass is 1570 g/mol. The molecule has 0 aliphatic carbocycles. The maximum atomic E-state index is 11.3. The van der Waals surface area contributed by atoms with Crippen LogP contribution in [0.25, 0.3) is 18.2 Å². The van der Waals surface area contributed by atoms with E-state index < -0.39 is 23.9 Å². The van der Waals surface area contributed by atoms with Crippen LogP contribution in [0.5, 0.6) is 0 Å². The first-order chi connectivity index (χ1) is 38.9. The van der Waals surface area contributed by atoms with Gasteiger partial charge in [0.2, 0.25) is 23.6 Å². The number of allylic oxidation sites excluding steroid dienone is 3. The van der Waals surface area contributed by atoms with Crippen molar-refractivity contribution < 1.29 is 93.4 Å². The fourth-order valence-corrected chi connectivity index (χ4v) is 6.38. The largest absolute Gasteiger partial charge is 1.00 e. The molecule has 3 N–H and O–H groups in total. The maximum Gasteiger partial charge on any atom is -1.00 e. The number of benzene rings is 4. The molecule has 466 valence electrons. The number of halogens is 4. The number of aromatic carboxylic acids is 3. The van der Waals surface area contributed by atoms with Crippen LogP contribution in [-0.4, -0.2) is 152 Å². The van der Waals surface area contributed by atoms with Crippen molar-refractivity contribution in [2.45, 2.75) is 97.8 Å². The Kier molecular flexibility index (Phi) is 53.1. The number of hydrogen-bond donors (Lipinski definition) is 3. The number of nitrogens with zero attached hydrogens (tertiary/aromatic N) is 4. The summed E-state index contributed by atoms with van der Waals surface area (Å²) in [6.45, 7) is 2.14. The molecule has 0 aliphatic heterocycles. The van der Waals surface area contributed by atoms with Crippen LogP contribution in [-0.2, 0) is 23.9 Å². The first kappa shape index (κ1) is 84.7. The van der Waals surface area contributed by atoms with E-state index in [1.165, 1.54) is 26.0 Å². The molecule has 0 aromatic heterocycles. The number of unbranched alkanes of at least 4 members (excludes halogenated alkanes) is 5. The Morgan fingerprint density at radius 1 is 0.464 bits per heavy atom. The van der Waals surface area contributed by atoms with Crippen LogP contribution in [0.1, 0.15) is 166 Å². The van der Waals surface area contributed by atoms with Gasteiger partial charge in [0, 0.05) is 87.6 Å². The molecule has 0 saturated heterocycles. The summed E-state index contributed by atoms with van der Waals surface area (Å²) in [6, 6.07) is 26.6. The van der Waals surface area contributed by atoms with E-state index in [2.05, 4.69) is 48.9 Å². The van der Waals surface area contributed by atoms with Gasteiger partial charge in [-0.25, -0.2) is 19.2 Å². The molecule has 0 fully saturated rings. The minimum Gasteiger partial charge on any atom is -1.00 e. The fraction of sp³-hybridized carbons (Fsp3) is 0.381.